The van der Waals surface area contributed by atoms with Crippen LogP contribution in [-0.4, -0.2) is 46.9 Å². The van der Waals surface area contributed by atoms with Crippen LogP contribution in [0.3, 0.4) is 0 Å². The molecule has 1 aromatic carbocycles. The summed E-state index contributed by atoms with van der Waals surface area (Å²) in [5, 5.41) is 16.0. The predicted octanol–water partition coefficient (Wildman–Crippen LogP) is 0.423. The molecule has 0 aliphatic rings. The molecule has 0 amide bonds. The van der Waals surface area contributed by atoms with Crippen LogP contribution in [0.4, 0.5) is 0 Å². The highest BCUT2D eigenvalue weighted by Gasteiger charge is 2.12. The van der Waals surface area contributed by atoms with E-state index in [1.165, 1.54) is 0 Å². The quantitative estimate of drug-likeness (QED) is 0.676. The maximum Gasteiger partial charge on any atom is 0.170 e. The van der Waals surface area contributed by atoms with Crippen LogP contribution >= 0.6 is 0 Å². The predicted molar refractivity (Wildman–Crippen MR) is 75.3 cm³/mol. The maximum absolute atomic E-state index is 4.22. The minimum atomic E-state index is 0.620. The molecule has 0 saturated carbocycles. The largest absolute Gasteiger partial charge is 0.291 e. The molecule has 8 nitrogen and oxygen atoms in total. The van der Waals surface area contributed by atoms with Gasteiger partial charge in [0, 0.05) is 7.05 Å². The second kappa shape index (κ2) is 5.80. The van der Waals surface area contributed by atoms with Gasteiger partial charge in [-0.25, -0.2) is 4.98 Å². The van der Waals surface area contributed by atoms with Gasteiger partial charge >= 0.3 is 0 Å². The highest BCUT2D eigenvalue weighted by molar-refractivity contribution is 5.30. The first-order chi connectivity index (χ1) is 10.2. The molecule has 21 heavy (non-hydrogen) atoms. The van der Waals surface area contributed by atoms with E-state index in [4.69, 9.17) is 0 Å². The van der Waals surface area contributed by atoms with Gasteiger partial charge in [0.1, 0.15) is 12.2 Å². The molecule has 0 bridgehead atoms. The molecule has 2 aromatic heterocycles. The van der Waals surface area contributed by atoms with Crippen molar-refractivity contribution in [2.75, 3.05) is 7.05 Å². The lowest BCUT2D eigenvalue weighted by molar-refractivity contribution is 0.295. The van der Waals surface area contributed by atoms with E-state index in [-0.39, 0.29) is 0 Å². The molecule has 0 spiro atoms. The number of aromatic nitrogens is 7. The minimum Gasteiger partial charge on any atom is -0.291 e. The monoisotopic (exact) mass is 284 g/mol. The van der Waals surface area contributed by atoms with E-state index in [9.17, 15) is 0 Å². The fourth-order valence-electron chi connectivity index (χ4n) is 2.08. The molecule has 0 N–H and O–H groups in total. The number of benzene rings is 1. The molecule has 0 unspecified atom stereocenters. The van der Waals surface area contributed by atoms with Gasteiger partial charge in [0.25, 0.3) is 0 Å². The van der Waals surface area contributed by atoms with Gasteiger partial charge in [-0.05, 0) is 29.6 Å². The smallest absolute Gasteiger partial charge is 0.170 e. The van der Waals surface area contributed by atoms with E-state index >= 15 is 0 Å². The van der Waals surface area contributed by atoms with Crippen molar-refractivity contribution in [2.45, 2.75) is 13.1 Å². The van der Waals surface area contributed by atoms with Gasteiger partial charge in [-0.1, -0.05) is 18.2 Å². The van der Waals surface area contributed by atoms with Crippen molar-refractivity contribution in [3.8, 4) is 5.69 Å². The number of tetrazole rings is 1. The van der Waals surface area contributed by atoms with Crippen molar-refractivity contribution < 1.29 is 0 Å². The first kappa shape index (κ1) is 13.4. The number of para-hydroxylation sites is 1. The van der Waals surface area contributed by atoms with Gasteiger partial charge < -0.3 is 0 Å². The van der Waals surface area contributed by atoms with E-state index in [0.717, 1.165) is 17.3 Å². The van der Waals surface area contributed by atoms with Crippen LogP contribution in [0.25, 0.3) is 5.69 Å². The van der Waals surface area contributed by atoms with Gasteiger partial charge in [-0.15, -0.1) is 5.10 Å². The lowest BCUT2D eigenvalue weighted by atomic mass is 10.3. The van der Waals surface area contributed by atoms with Crippen LogP contribution in [-0.2, 0) is 20.1 Å². The SMILES string of the molecule is CN(Cc1ncnn1C)Cc1nnnn1-c1ccccc1. The molecule has 0 atom stereocenters. The molecule has 2 heterocycles. The second-order valence-corrected chi connectivity index (χ2v) is 4.81. The Morgan fingerprint density at radius 1 is 1.10 bits per heavy atom. The molecule has 3 aromatic rings. The highest BCUT2D eigenvalue weighted by Crippen LogP contribution is 2.09. The zero-order valence-corrected chi connectivity index (χ0v) is 12.0. The summed E-state index contributed by atoms with van der Waals surface area (Å²) in [4.78, 5) is 6.31. The molecule has 108 valence electrons. The van der Waals surface area contributed by atoms with Crippen molar-refractivity contribution >= 4 is 0 Å². The number of nitrogens with zero attached hydrogens (tertiary/aromatic N) is 8. The summed E-state index contributed by atoms with van der Waals surface area (Å²) in [6.07, 6.45) is 1.55. The average Bonchev–Trinajstić information content (AvgIpc) is 3.10. The summed E-state index contributed by atoms with van der Waals surface area (Å²) in [6, 6.07) is 9.84. The Kier molecular flexibility index (Phi) is 3.69. The van der Waals surface area contributed by atoms with Crippen molar-refractivity contribution in [3.63, 3.8) is 0 Å². The molecule has 0 saturated heterocycles. The van der Waals surface area contributed by atoms with Crippen molar-refractivity contribution in [2.24, 2.45) is 7.05 Å². The van der Waals surface area contributed by atoms with E-state index in [2.05, 4.69) is 30.5 Å². The Bertz CT molecular complexity index is 702. The Balaban J connectivity index is 1.74. The number of hydrogen-bond acceptors (Lipinski definition) is 6. The van der Waals surface area contributed by atoms with Gasteiger partial charge in [0.15, 0.2) is 5.82 Å². The van der Waals surface area contributed by atoms with E-state index in [1.807, 2.05) is 44.4 Å². The van der Waals surface area contributed by atoms with E-state index < -0.39 is 0 Å². The van der Waals surface area contributed by atoms with Crippen LogP contribution in [0.1, 0.15) is 11.6 Å². The second-order valence-electron chi connectivity index (χ2n) is 4.81. The fraction of sp³-hybridized carbons (Fsp3) is 0.308. The van der Waals surface area contributed by atoms with Crippen molar-refractivity contribution in [3.05, 3.63) is 48.3 Å². The van der Waals surface area contributed by atoms with Crippen LogP contribution in [0.15, 0.2) is 36.7 Å². The molecule has 0 radical (unpaired) electrons. The number of rotatable bonds is 5. The van der Waals surface area contributed by atoms with Crippen molar-refractivity contribution in [1.29, 1.82) is 0 Å². The Hall–Kier alpha value is -2.61. The molecular formula is C13H16N8. The lowest BCUT2D eigenvalue weighted by Gasteiger charge is -2.15. The summed E-state index contributed by atoms with van der Waals surface area (Å²) >= 11 is 0. The lowest BCUT2D eigenvalue weighted by Crippen LogP contribution is -2.22. The van der Waals surface area contributed by atoms with Crippen molar-refractivity contribution in [1.82, 2.24) is 39.9 Å². The first-order valence-corrected chi connectivity index (χ1v) is 6.58. The molecule has 0 aliphatic heterocycles. The summed E-state index contributed by atoms with van der Waals surface area (Å²) in [5.74, 6) is 1.68. The van der Waals surface area contributed by atoms with E-state index in [0.29, 0.717) is 13.1 Å². The highest BCUT2D eigenvalue weighted by atomic mass is 15.5. The Morgan fingerprint density at radius 2 is 1.86 bits per heavy atom. The summed E-state index contributed by atoms with van der Waals surface area (Å²) in [7, 11) is 3.88. The third-order valence-corrected chi connectivity index (χ3v) is 3.16. The molecule has 3 rings (SSSR count). The van der Waals surface area contributed by atoms with Gasteiger partial charge in [-0.2, -0.15) is 9.78 Å². The number of aryl methyl sites for hydroxylation is 1. The number of hydrogen-bond donors (Lipinski definition) is 0. The molecule has 8 heteroatoms. The maximum atomic E-state index is 4.22. The zero-order valence-electron chi connectivity index (χ0n) is 12.0. The average molecular weight is 284 g/mol. The Morgan fingerprint density at radius 3 is 2.57 bits per heavy atom. The zero-order chi connectivity index (χ0) is 14.7. The van der Waals surface area contributed by atoms with Crippen LogP contribution in [0, 0.1) is 0 Å². The summed E-state index contributed by atoms with van der Waals surface area (Å²) in [6.45, 7) is 1.30. The Labute approximate surface area is 122 Å². The minimum absolute atomic E-state index is 0.620. The van der Waals surface area contributed by atoms with Crippen LogP contribution in [0.5, 0.6) is 0 Å². The molecule has 0 aliphatic carbocycles. The van der Waals surface area contributed by atoms with E-state index in [1.54, 1.807) is 15.7 Å². The van der Waals surface area contributed by atoms with Gasteiger partial charge in [-0.3, -0.25) is 9.58 Å². The first-order valence-electron chi connectivity index (χ1n) is 6.58. The summed E-state index contributed by atoms with van der Waals surface area (Å²) in [5.41, 5.74) is 0.949. The topological polar surface area (TPSA) is 77.6 Å². The van der Waals surface area contributed by atoms with Gasteiger partial charge in [0.2, 0.25) is 0 Å². The third kappa shape index (κ3) is 2.95. The molecular weight excluding hydrogens is 268 g/mol. The third-order valence-electron chi connectivity index (χ3n) is 3.16. The standard InChI is InChI=1S/C13H16N8/c1-19(8-12-14-10-15-20(12)2)9-13-16-17-18-21(13)11-6-4-3-5-7-11/h3-7,10H,8-9H2,1-2H3. The molecule has 0 fully saturated rings. The fourth-order valence-corrected chi connectivity index (χ4v) is 2.08. The normalized spacial score (nSPS) is 11.2. The van der Waals surface area contributed by atoms with Gasteiger partial charge in [0.05, 0.1) is 18.8 Å². The van der Waals surface area contributed by atoms with Crippen LogP contribution < -0.4 is 0 Å². The summed E-state index contributed by atoms with van der Waals surface area (Å²) < 4.78 is 3.50. The van der Waals surface area contributed by atoms with Crippen LogP contribution in [0.2, 0.25) is 0 Å².